The minimum atomic E-state index is -0.442. The molecule has 110 valence electrons. The molecule has 0 saturated carbocycles. The fourth-order valence-corrected chi connectivity index (χ4v) is 3.04. The maximum Gasteiger partial charge on any atom is 0.284 e. The lowest BCUT2D eigenvalue weighted by atomic mass is 10.2. The first-order valence-corrected chi connectivity index (χ1v) is 7.83. The number of fused-ring (bicyclic) bond motifs is 1. The molecule has 0 unspecified atom stereocenters. The van der Waals surface area contributed by atoms with E-state index >= 15 is 0 Å². The van der Waals surface area contributed by atoms with Gasteiger partial charge in [0, 0.05) is 11.6 Å². The molecular weight excluding hydrogens is 368 g/mol. The molecule has 22 heavy (non-hydrogen) atoms. The van der Waals surface area contributed by atoms with E-state index in [-0.39, 0.29) is 5.69 Å². The quantitative estimate of drug-likeness (QED) is 0.415. The Morgan fingerprint density at radius 1 is 1.32 bits per heavy atom. The molecule has 0 aliphatic heterocycles. The van der Waals surface area contributed by atoms with Crippen molar-refractivity contribution in [2.75, 3.05) is 5.43 Å². The van der Waals surface area contributed by atoms with Gasteiger partial charge >= 0.3 is 0 Å². The smallest absolute Gasteiger partial charge is 0.258 e. The van der Waals surface area contributed by atoms with E-state index in [1.54, 1.807) is 12.1 Å². The zero-order chi connectivity index (χ0) is 15.5. The summed E-state index contributed by atoms with van der Waals surface area (Å²) in [6.45, 7) is 0. The lowest BCUT2D eigenvalue weighted by Crippen LogP contribution is -1.93. The van der Waals surface area contributed by atoms with Crippen molar-refractivity contribution >= 4 is 54.5 Å². The lowest BCUT2D eigenvalue weighted by molar-refractivity contribution is -0.385. The maximum atomic E-state index is 10.9. The number of halogens is 1. The molecule has 3 aromatic rings. The number of para-hydroxylation sites is 1. The molecule has 0 radical (unpaired) electrons. The minimum absolute atomic E-state index is 0.00365. The molecule has 8 heteroatoms. The summed E-state index contributed by atoms with van der Waals surface area (Å²) in [5.41, 5.74) is 4.38. The summed E-state index contributed by atoms with van der Waals surface area (Å²) in [5, 5.41) is 15.6. The van der Waals surface area contributed by atoms with Crippen molar-refractivity contribution in [2.24, 2.45) is 5.10 Å². The second kappa shape index (κ2) is 6.20. The Balaban J connectivity index is 1.77. The first-order chi connectivity index (χ1) is 10.6. The molecule has 2 aromatic carbocycles. The number of hydrazone groups is 1. The molecule has 0 bridgehead atoms. The Morgan fingerprint density at radius 3 is 2.91 bits per heavy atom. The maximum absolute atomic E-state index is 10.9. The predicted molar refractivity (Wildman–Crippen MR) is 91.6 cm³/mol. The van der Waals surface area contributed by atoms with Crippen molar-refractivity contribution in [2.45, 2.75) is 0 Å². The second-order valence-electron chi connectivity index (χ2n) is 4.32. The van der Waals surface area contributed by atoms with Crippen molar-refractivity contribution in [3.8, 4) is 0 Å². The lowest BCUT2D eigenvalue weighted by Gasteiger charge is -1.97. The van der Waals surface area contributed by atoms with Crippen LogP contribution in [-0.2, 0) is 0 Å². The number of anilines is 1. The van der Waals surface area contributed by atoms with Crippen molar-refractivity contribution in [1.29, 1.82) is 0 Å². The van der Waals surface area contributed by atoms with Gasteiger partial charge in [-0.2, -0.15) is 5.10 Å². The summed E-state index contributed by atoms with van der Waals surface area (Å²) >= 11 is 4.64. The monoisotopic (exact) mass is 376 g/mol. The van der Waals surface area contributed by atoms with Gasteiger partial charge in [-0.15, -0.1) is 0 Å². The number of nitrogens with one attached hydrogen (secondary N) is 1. The third kappa shape index (κ3) is 3.12. The number of nitro benzene ring substituents is 1. The molecule has 1 N–H and O–H groups in total. The standard InChI is InChI=1S/C14H9BrN4O2S/c15-10-6-5-9(7-12(10)19(20)21)8-16-18-14-17-11-3-1-2-4-13(11)22-14/h1-8H,(H,17,18)/b16-8+. The molecule has 3 rings (SSSR count). The summed E-state index contributed by atoms with van der Waals surface area (Å²) in [4.78, 5) is 14.8. The van der Waals surface area contributed by atoms with Crippen LogP contribution in [0.15, 0.2) is 52.0 Å². The van der Waals surface area contributed by atoms with E-state index in [2.05, 4.69) is 31.4 Å². The van der Waals surface area contributed by atoms with Crippen LogP contribution in [0.1, 0.15) is 5.56 Å². The molecule has 0 aliphatic carbocycles. The van der Waals surface area contributed by atoms with Crippen molar-refractivity contribution in [1.82, 2.24) is 4.98 Å². The molecule has 0 aliphatic rings. The molecule has 1 aromatic heterocycles. The molecule has 0 atom stereocenters. The SMILES string of the molecule is O=[N+]([O-])c1cc(/C=N/Nc2nc3ccccc3s2)ccc1Br. The van der Waals surface area contributed by atoms with Gasteiger partial charge in [-0.1, -0.05) is 29.5 Å². The summed E-state index contributed by atoms with van der Waals surface area (Å²) in [7, 11) is 0. The summed E-state index contributed by atoms with van der Waals surface area (Å²) in [6, 6.07) is 12.6. The van der Waals surface area contributed by atoms with E-state index < -0.39 is 4.92 Å². The van der Waals surface area contributed by atoms with Gasteiger partial charge in [0.25, 0.3) is 5.69 Å². The Morgan fingerprint density at radius 2 is 2.14 bits per heavy atom. The molecule has 0 spiro atoms. The normalized spacial score (nSPS) is 11.1. The minimum Gasteiger partial charge on any atom is -0.258 e. The second-order valence-corrected chi connectivity index (χ2v) is 6.21. The number of nitro groups is 1. The molecule has 1 heterocycles. The van der Waals surface area contributed by atoms with Gasteiger partial charge < -0.3 is 0 Å². The van der Waals surface area contributed by atoms with Crippen LogP contribution >= 0.6 is 27.3 Å². The van der Waals surface area contributed by atoms with E-state index in [9.17, 15) is 10.1 Å². The number of hydrogen-bond acceptors (Lipinski definition) is 6. The largest absolute Gasteiger partial charge is 0.284 e. The van der Waals surface area contributed by atoms with E-state index in [0.717, 1.165) is 10.2 Å². The zero-order valence-corrected chi connectivity index (χ0v) is 13.5. The highest BCUT2D eigenvalue weighted by Gasteiger charge is 2.11. The van der Waals surface area contributed by atoms with E-state index in [0.29, 0.717) is 15.2 Å². The van der Waals surface area contributed by atoms with Crippen molar-refractivity contribution < 1.29 is 4.92 Å². The van der Waals surface area contributed by atoms with Gasteiger partial charge in [0.15, 0.2) is 0 Å². The highest BCUT2D eigenvalue weighted by molar-refractivity contribution is 9.10. The summed E-state index contributed by atoms with van der Waals surface area (Å²) in [6.07, 6.45) is 1.52. The number of benzene rings is 2. The fourth-order valence-electron chi connectivity index (χ4n) is 1.83. The highest BCUT2D eigenvalue weighted by Crippen LogP contribution is 2.26. The van der Waals surface area contributed by atoms with Crippen molar-refractivity contribution in [3.05, 3.63) is 62.6 Å². The van der Waals surface area contributed by atoms with Gasteiger partial charge in [0.2, 0.25) is 5.13 Å². The van der Waals surface area contributed by atoms with Crippen LogP contribution < -0.4 is 5.43 Å². The number of nitrogens with zero attached hydrogens (tertiary/aromatic N) is 3. The average molecular weight is 377 g/mol. The topological polar surface area (TPSA) is 80.4 Å². The number of hydrogen-bond donors (Lipinski definition) is 1. The van der Waals surface area contributed by atoms with E-state index in [4.69, 9.17) is 0 Å². The molecule has 0 amide bonds. The summed E-state index contributed by atoms with van der Waals surface area (Å²) < 4.78 is 1.51. The van der Waals surface area contributed by atoms with Crippen LogP contribution in [0, 0.1) is 10.1 Å². The third-order valence-electron chi connectivity index (χ3n) is 2.83. The Labute approximate surface area is 137 Å². The molecule has 6 nitrogen and oxygen atoms in total. The predicted octanol–water partition coefficient (Wildman–Crippen LogP) is 4.41. The van der Waals surface area contributed by atoms with Crippen LogP contribution in [-0.4, -0.2) is 16.1 Å². The van der Waals surface area contributed by atoms with E-state index in [1.165, 1.54) is 23.6 Å². The Bertz CT molecular complexity index is 845. The van der Waals surface area contributed by atoms with Gasteiger partial charge in [-0.25, -0.2) is 4.98 Å². The summed E-state index contributed by atoms with van der Waals surface area (Å²) in [5.74, 6) is 0. The van der Waals surface area contributed by atoms with Gasteiger partial charge in [0.1, 0.15) is 0 Å². The Kier molecular flexibility index (Phi) is 4.12. The first-order valence-electron chi connectivity index (χ1n) is 6.22. The van der Waals surface area contributed by atoms with Gasteiger partial charge in [-0.3, -0.25) is 15.5 Å². The first kappa shape index (κ1) is 14.6. The molecule has 0 fully saturated rings. The average Bonchev–Trinajstić information content (AvgIpc) is 2.91. The fraction of sp³-hybridized carbons (Fsp3) is 0. The van der Waals surface area contributed by atoms with Crippen LogP contribution in [0.4, 0.5) is 10.8 Å². The number of aromatic nitrogens is 1. The van der Waals surface area contributed by atoms with Crippen LogP contribution in [0.25, 0.3) is 10.2 Å². The van der Waals surface area contributed by atoms with Gasteiger partial charge in [-0.05, 0) is 34.1 Å². The van der Waals surface area contributed by atoms with Crippen LogP contribution in [0.5, 0.6) is 0 Å². The molecular formula is C14H9BrN4O2S. The van der Waals surface area contributed by atoms with Crippen LogP contribution in [0.3, 0.4) is 0 Å². The van der Waals surface area contributed by atoms with Crippen LogP contribution in [0.2, 0.25) is 0 Å². The highest BCUT2D eigenvalue weighted by atomic mass is 79.9. The Hall–Kier alpha value is -2.32. The number of thiazole rings is 1. The number of rotatable bonds is 4. The van der Waals surface area contributed by atoms with Crippen molar-refractivity contribution in [3.63, 3.8) is 0 Å². The molecule has 0 saturated heterocycles. The van der Waals surface area contributed by atoms with Gasteiger partial charge in [0.05, 0.1) is 25.8 Å². The third-order valence-corrected chi connectivity index (χ3v) is 4.45. The zero-order valence-electron chi connectivity index (χ0n) is 11.1. The van der Waals surface area contributed by atoms with E-state index in [1.807, 2.05) is 24.3 Å².